The molecule has 1 aromatic rings. The monoisotopic (exact) mass is 233 g/mol. The summed E-state index contributed by atoms with van der Waals surface area (Å²) in [7, 11) is 2.18. The van der Waals surface area contributed by atoms with Gasteiger partial charge in [-0.1, -0.05) is 18.9 Å². The minimum absolute atomic E-state index is 0.659. The van der Waals surface area contributed by atoms with E-state index in [1.165, 1.54) is 32.2 Å². The van der Waals surface area contributed by atoms with Crippen LogP contribution in [0.3, 0.4) is 0 Å². The third kappa shape index (κ3) is 4.44. The molecule has 1 fully saturated rings. The average molecular weight is 233 g/mol. The van der Waals surface area contributed by atoms with Crippen molar-refractivity contribution in [3.8, 4) is 0 Å². The number of rotatable bonds is 4. The minimum Gasteiger partial charge on any atom is -0.313 e. The minimum atomic E-state index is 0.659. The van der Waals surface area contributed by atoms with Crippen LogP contribution in [0.15, 0.2) is 24.4 Å². The van der Waals surface area contributed by atoms with Crippen LogP contribution < -0.4 is 5.32 Å². The Labute approximate surface area is 104 Å². The third-order valence-corrected chi connectivity index (χ3v) is 3.35. The molecule has 0 radical (unpaired) electrons. The van der Waals surface area contributed by atoms with Crippen molar-refractivity contribution in [2.24, 2.45) is 0 Å². The molecule has 3 nitrogen and oxygen atoms in total. The maximum absolute atomic E-state index is 4.37. The summed E-state index contributed by atoms with van der Waals surface area (Å²) in [6, 6.07) is 6.78. The quantitative estimate of drug-likeness (QED) is 0.862. The molecule has 1 atom stereocenters. The molecule has 0 aromatic carbocycles. The number of aromatic nitrogens is 1. The van der Waals surface area contributed by atoms with Crippen LogP contribution in [0, 0.1) is 0 Å². The van der Waals surface area contributed by atoms with Crippen molar-refractivity contribution in [3.63, 3.8) is 0 Å². The van der Waals surface area contributed by atoms with Gasteiger partial charge in [-0.05, 0) is 38.6 Å². The van der Waals surface area contributed by atoms with Gasteiger partial charge < -0.3 is 5.32 Å². The zero-order valence-electron chi connectivity index (χ0n) is 10.7. The second-order valence-corrected chi connectivity index (χ2v) is 5.02. The molecule has 2 heterocycles. The summed E-state index contributed by atoms with van der Waals surface area (Å²) in [6.45, 7) is 3.25. The zero-order chi connectivity index (χ0) is 11.9. The van der Waals surface area contributed by atoms with E-state index in [4.69, 9.17) is 0 Å². The van der Waals surface area contributed by atoms with Crippen molar-refractivity contribution < 1.29 is 0 Å². The Bertz CT molecular complexity index is 305. The molecule has 0 spiro atoms. The predicted molar refractivity (Wildman–Crippen MR) is 70.8 cm³/mol. The smallest absolute Gasteiger partial charge is 0.0543 e. The number of nitrogens with one attached hydrogen (secondary N) is 1. The third-order valence-electron chi connectivity index (χ3n) is 3.35. The number of hydrogen-bond acceptors (Lipinski definition) is 3. The van der Waals surface area contributed by atoms with E-state index < -0.39 is 0 Å². The van der Waals surface area contributed by atoms with Crippen LogP contribution in [-0.4, -0.2) is 36.1 Å². The van der Waals surface area contributed by atoms with Crippen molar-refractivity contribution in [2.45, 2.75) is 38.3 Å². The van der Waals surface area contributed by atoms with E-state index in [1.54, 1.807) is 0 Å². The van der Waals surface area contributed by atoms with E-state index >= 15 is 0 Å². The van der Waals surface area contributed by atoms with E-state index in [-0.39, 0.29) is 0 Å². The van der Waals surface area contributed by atoms with Gasteiger partial charge in [-0.3, -0.25) is 9.88 Å². The predicted octanol–water partition coefficient (Wildman–Crippen LogP) is 2.05. The number of pyridine rings is 1. The molecular weight excluding hydrogens is 210 g/mol. The normalized spacial score (nSPS) is 21.4. The lowest BCUT2D eigenvalue weighted by atomic mass is 10.1. The zero-order valence-corrected chi connectivity index (χ0v) is 10.7. The SMILES string of the molecule is CN(Cc1ccccn1)CC1CCCCCN1. The Morgan fingerprint density at radius 3 is 3.12 bits per heavy atom. The van der Waals surface area contributed by atoms with Crippen LogP contribution >= 0.6 is 0 Å². The van der Waals surface area contributed by atoms with E-state index in [1.807, 2.05) is 12.3 Å². The first-order valence-corrected chi connectivity index (χ1v) is 6.66. The second-order valence-electron chi connectivity index (χ2n) is 5.02. The highest BCUT2D eigenvalue weighted by molar-refractivity contribution is 5.03. The standard InChI is InChI=1S/C14H23N3/c1-17(12-14-8-4-6-10-16-14)11-13-7-3-2-5-9-15-13/h4,6,8,10,13,15H,2-3,5,7,9,11-12H2,1H3. The highest BCUT2D eigenvalue weighted by Crippen LogP contribution is 2.10. The largest absolute Gasteiger partial charge is 0.313 e. The van der Waals surface area contributed by atoms with Crippen LogP contribution in [0.1, 0.15) is 31.4 Å². The lowest BCUT2D eigenvalue weighted by molar-refractivity contribution is 0.276. The Hall–Kier alpha value is -0.930. The van der Waals surface area contributed by atoms with Gasteiger partial charge in [0.25, 0.3) is 0 Å². The molecule has 1 N–H and O–H groups in total. The lowest BCUT2D eigenvalue weighted by Gasteiger charge is -2.23. The Kier molecular flexibility index (Phi) is 4.95. The molecule has 94 valence electrons. The summed E-state index contributed by atoms with van der Waals surface area (Å²) in [5, 5.41) is 3.64. The Morgan fingerprint density at radius 1 is 1.35 bits per heavy atom. The highest BCUT2D eigenvalue weighted by atomic mass is 15.1. The van der Waals surface area contributed by atoms with Crippen LogP contribution in [0.4, 0.5) is 0 Å². The maximum Gasteiger partial charge on any atom is 0.0543 e. The van der Waals surface area contributed by atoms with Gasteiger partial charge in [0.2, 0.25) is 0 Å². The summed E-state index contributed by atoms with van der Waals surface area (Å²) < 4.78 is 0. The first kappa shape index (κ1) is 12.5. The highest BCUT2D eigenvalue weighted by Gasteiger charge is 2.13. The van der Waals surface area contributed by atoms with Crippen LogP contribution in [0.5, 0.6) is 0 Å². The number of nitrogens with zero attached hydrogens (tertiary/aromatic N) is 2. The van der Waals surface area contributed by atoms with Crippen LogP contribution in [-0.2, 0) is 6.54 Å². The number of hydrogen-bond donors (Lipinski definition) is 1. The van der Waals surface area contributed by atoms with E-state index in [2.05, 4.69) is 34.4 Å². The molecule has 1 aliphatic rings. The van der Waals surface area contributed by atoms with Gasteiger partial charge in [0.1, 0.15) is 0 Å². The maximum atomic E-state index is 4.37. The molecule has 0 saturated carbocycles. The first-order valence-electron chi connectivity index (χ1n) is 6.66. The Balaban J connectivity index is 1.78. The molecule has 1 saturated heterocycles. The van der Waals surface area contributed by atoms with Gasteiger partial charge in [0.15, 0.2) is 0 Å². The molecule has 3 heteroatoms. The lowest BCUT2D eigenvalue weighted by Crippen LogP contribution is -2.38. The van der Waals surface area contributed by atoms with Crippen LogP contribution in [0.25, 0.3) is 0 Å². The van der Waals surface area contributed by atoms with Crippen molar-refractivity contribution in [1.29, 1.82) is 0 Å². The molecule has 1 unspecified atom stereocenters. The van der Waals surface area contributed by atoms with Crippen molar-refractivity contribution in [2.75, 3.05) is 20.1 Å². The van der Waals surface area contributed by atoms with Crippen LogP contribution in [0.2, 0.25) is 0 Å². The fourth-order valence-corrected chi connectivity index (χ4v) is 2.47. The van der Waals surface area contributed by atoms with Gasteiger partial charge in [-0.25, -0.2) is 0 Å². The molecule has 2 rings (SSSR count). The second kappa shape index (κ2) is 6.72. The molecule has 0 bridgehead atoms. The van der Waals surface area contributed by atoms with Gasteiger partial charge in [0.05, 0.1) is 5.69 Å². The summed E-state index contributed by atoms with van der Waals surface area (Å²) in [4.78, 5) is 6.73. The summed E-state index contributed by atoms with van der Waals surface area (Å²) >= 11 is 0. The van der Waals surface area contributed by atoms with Crippen molar-refractivity contribution in [1.82, 2.24) is 15.2 Å². The summed E-state index contributed by atoms with van der Waals surface area (Å²) in [5.41, 5.74) is 1.16. The van der Waals surface area contributed by atoms with Crippen molar-refractivity contribution >= 4 is 0 Å². The van der Waals surface area contributed by atoms with Gasteiger partial charge in [-0.2, -0.15) is 0 Å². The fraction of sp³-hybridized carbons (Fsp3) is 0.643. The van der Waals surface area contributed by atoms with Gasteiger partial charge >= 0.3 is 0 Å². The molecule has 0 aliphatic carbocycles. The number of likely N-dealkylation sites (N-methyl/N-ethyl adjacent to an activating group) is 1. The van der Waals surface area contributed by atoms with Gasteiger partial charge in [0, 0.05) is 25.3 Å². The molecular formula is C14H23N3. The van der Waals surface area contributed by atoms with E-state index in [0.717, 1.165) is 18.8 Å². The average Bonchev–Trinajstić information content (AvgIpc) is 2.59. The topological polar surface area (TPSA) is 28.2 Å². The Morgan fingerprint density at radius 2 is 2.29 bits per heavy atom. The van der Waals surface area contributed by atoms with Gasteiger partial charge in [-0.15, -0.1) is 0 Å². The first-order chi connectivity index (χ1) is 8.34. The van der Waals surface area contributed by atoms with E-state index in [0.29, 0.717) is 6.04 Å². The van der Waals surface area contributed by atoms with Crippen molar-refractivity contribution in [3.05, 3.63) is 30.1 Å². The fourth-order valence-electron chi connectivity index (χ4n) is 2.47. The molecule has 1 aromatic heterocycles. The summed E-state index contributed by atoms with van der Waals surface area (Å²) in [5.74, 6) is 0. The molecule has 0 amide bonds. The van der Waals surface area contributed by atoms with E-state index in [9.17, 15) is 0 Å². The summed E-state index contributed by atoms with van der Waals surface area (Å²) in [6.07, 6.45) is 7.27. The molecule has 17 heavy (non-hydrogen) atoms. The molecule has 1 aliphatic heterocycles.